The average Bonchev–Trinajstić information content (AvgIpc) is 3.27. The third-order valence-corrected chi connectivity index (χ3v) is 5.29. The van der Waals surface area contributed by atoms with Crippen molar-refractivity contribution in [3.63, 3.8) is 0 Å². The van der Waals surface area contributed by atoms with Crippen LogP contribution in [0.2, 0.25) is 0 Å². The molecule has 7 heteroatoms. The Morgan fingerprint density at radius 2 is 1.87 bits per heavy atom. The first-order valence-corrected chi connectivity index (χ1v) is 10.7. The fourth-order valence-electron chi connectivity index (χ4n) is 3.64. The molecule has 1 atom stereocenters. The van der Waals surface area contributed by atoms with Crippen LogP contribution in [-0.4, -0.2) is 54.6 Å². The van der Waals surface area contributed by atoms with E-state index >= 15 is 0 Å². The van der Waals surface area contributed by atoms with E-state index in [0.29, 0.717) is 26.2 Å². The summed E-state index contributed by atoms with van der Waals surface area (Å²) < 4.78 is 19.2. The van der Waals surface area contributed by atoms with Crippen molar-refractivity contribution in [2.45, 2.75) is 38.5 Å². The zero-order valence-electron chi connectivity index (χ0n) is 17.9. The molecule has 0 radical (unpaired) electrons. The Morgan fingerprint density at radius 1 is 1.10 bits per heavy atom. The highest BCUT2D eigenvalue weighted by molar-refractivity contribution is 5.78. The van der Waals surface area contributed by atoms with Crippen molar-refractivity contribution in [3.8, 4) is 0 Å². The molecule has 1 N–H and O–H groups in total. The molecule has 1 saturated heterocycles. The van der Waals surface area contributed by atoms with Gasteiger partial charge in [0, 0.05) is 46.3 Å². The van der Waals surface area contributed by atoms with Crippen LogP contribution in [0.15, 0.2) is 54.6 Å². The molecule has 6 nitrogen and oxygen atoms in total. The molecule has 1 heterocycles. The van der Waals surface area contributed by atoms with Gasteiger partial charge in [0.2, 0.25) is 5.91 Å². The molecular formula is C24H30FN3O3. The van der Waals surface area contributed by atoms with Crippen LogP contribution in [-0.2, 0) is 22.6 Å². The van der Waals surface area contributed by atoms with Gasteiger partial charge in [0.1, 0.15) is 5.82 Å². The van der Waals surface area contributed by atoms with Crippen LogP contribution >= 0.6 is 0 Å². The van der Waals surface area contributed by atoms with Gasteiger partial charge in [0.05, 0.1) is 6.10 Å². The van der Waals surface area contributed by atoms with Crippen molar-refractivity contribution < 1.29 is 18.7 Å². The number of carbonyl (C=O) groups is 2. The van der Waals surface area contributed by atoms with Gasteiger partial charge in [0.15, 0.2) is 0 Å². The number of halogens is 1. The maximum absolute atomic E-state index is 13.6. The van der Waals surface area contributed by atoms with Gasteiger partial charge < -0.3 is 19.9 Å². The lowest BCUT2D eigenvalue weighted by molar-refractivity contribution is -0.133. The fourth-order valence-corrected chi connectivity index (χ4v) is 3.64. The first kappa shape index (κ1) is 22.7. The molecule has 31 heavy (non-hydrogen) atoms. The second kappa shape index (κ2) is 11.5. The summed E-state index contributed by atoms with van der Waals surface area (Å²) in [6.45, 7) is 2.22. The number of hydrogen-bond donors (Lipinski definition) is 1. The second-order valence-corrected chi connectivity index (χ2v) is 7.86. The number of ether oxygens (including phenoxy) is 1. The van der Waals surface area contributed by atoms with E-state index in [2.05, 4.69) is 5.32 Å². The van der Waals surface area contributed by atoms with Crippen molar-refractivity contribution in [2.24, 2.45) is 0 Å². The average molecular weight is 428 g/mol. The summed E-state index contributed by atoms with van der Waals surface area (Å²) in [4.78, 5) is 28.5. The Bertz CT molecular complexity index is 856. The summed E-state index contributed by atoms with van der Waals surface area (Å²) in [6.07, 6.45) is 2.07. The number of benzene rings is 2. The lowest BCUT2D eigenvalue weighted by atomic mass is 10.1. The minimum absolute atomic E-state index is 0.00380. The third kappa shape index (κ3) is 7.36. The van der Waals surface area contributed by atoms with E-state index in [-0.39, 0.29) is 36.8 Å². The molecule has 2 aromatic carbocycles. The largest absolute Gasteiger partial charge is 0.376 e. The fraction of sp³-hybridized carbons (Fsp3) is 0.417. The van der Waals surface area contributed by atoms with Gasteiger partial charge in [-0.05, 0) is 36.1 Å². The normalized spacial score (nSPS) is 15.5. The molecule has 1 unspecified atom stereocenters. The minimum atomic E-state index is -0.323. The number of amides is 3. The zero-order chi connectivity index (χ0) is 22.1. The first-order valence-electron chi connectivity index (χ1n) is 10.7. The van der Waals surface area contributed by atoms with Crippen molar-refractivity contribution in [2.75, 3.05) is 26.7 Å². The summed E-state index contributed by atoms with van der Waals surface area (Å²) in [5.74, 6) is -0.415. The predicted octanol–water partition coefficient (Wildman–Crippen LogP) is 3.57. The lowest BCUT2D eigenvalue weighted by Crippen LogP contribution is -2.41. The molecule has 0 bridgehead atoms. The Hall–Kier alpha value is -2.93. The third-order valence-electron chi connectivity index (χ3n) is 5.29. The molecule has 166 valence electrons. The summed E-state index contributed by atoms with van der Waals surface area (Å²) in [5.41, 5.74) is 1.77. The van der Waals surface area contributed by atoms with Crippen LogP contribution in [0.3, 0.4) is 0 Å². The Labute approximate surface area is 183 Å². The van der Waals surface area contributed by atoms with Gasteiger partial charge in [0.25, 0.3) is 0 Å². The van der Waals surface area contributed by atoms with Crippen LogP contribution in [0.25, 0.3) is 0 Å². The number of urea groups is 1. The maximum Gasteiger partial charge on any atom is 0.317 e. The van der Waals surface area contributed by atoms with E-state index in [1.165, 1.54) is 12.1 Å². The van der Waals surface area contributed by atoms with Gasteiger partial charge in [-0.15, -0.1) is 0 Å². The molecule has 1 aliphatic heterocycles. The number of hydrogen-bond acceptors (Lipinski definition) is 3. The highest BCUT2D eigenvalue weighted by Gasteiger charge is 2.23. The Morgan fingerprint density at radius 3 is 2.58 bits per heavy atom. The Balaban J connectivity index is 1.50. The number of carbonyl (C=O) groups excluding carboxylic acids is 2. The molecule has 1 fully saturated rings. The van der Waals surface area contributed by atoms with E-state index in [1.807, 2.05) is 30.3 Å². The van der Waals surface area contributed by atoms with Gasteiger partial charge in [-0.3, -0.25) is 4.79 Å². The zero-order valence-corrected chi connectivity index (χ0v) is 17.9. The monoisotopic (exact) mass is 427 g/mol. The van der Waals surface area contributed by atoms with Crippen LogP contribution < -0.4 is 5.32 Å². The smallest absolute Gasteiger partial charge is 0.317 e. The van der Waals surface area contributed by atoms with Crippen molar-refractivity contribution in [3.05, 3.63) is 71.5 Å². The number of nitrogens with one attached hydrogen (secondary N) is 1. The SMILES string of the molecule is CN(Cc1ccccc1)C(=O)NCCC(=O)N(Cc1cccc(F)c1)CC1CCCO1. The standard InChI is InChI=1S/C24H30FN3O3/c1-27(16-19-7-3-2-4-8-19)24(30)26-13-12-23(29)28(18-22-11-6-14-31-22)17-20-9-5-10-21(25)15-20/h2-5,7-10,15,22H,6,11-14,16-18H2,1H3,(H,26,30). The Kier molecular flexibility index (Phi) is 8.41. The summed E-state index contributed by atoms with van der Waals surface area (Å²) >= 11 is 0. The van der Waals surface area contributed by atoms with Crippen LogP contribution in [0.5, 0.6) is 0 Å². The van der Waals surface area contributed by atoms with Crippen molar-refractivity contribution >= 4 is 11.9 Å². The number of nitrogens with zero attached hydrogens (tertiary/aromatic N) is 2. The first-order chi connectivity index (χ1) is 15.0. The molecule has 0 aromatic heterocycles. The number of rotatable bonds is 9. The van der Waals surface area contributed by atoms with E-state index in [1.54, 1.807) is 29.0 Å². The molecule has 1 aliphatic rings. The van der Waals surface area contributed by atoms with Crippen LogP contribution in [0, 0.1) is 5.82 Å². The van der Waals surface area contributed by atoms with E-state index < -0.39 is 0 Å². The summed E-state index contributed by atoms with van der Waals surface area (Å²) in [7, 11) is 1.72. The predicted molar refractivity (Wildman–Crippen MR) is 117 cm³/mol. The summed E-state index contributed by atoms with van der Waals surface area (Å²) in [5, 5.41) is 2.80. The molecule has 0 saturated carbocycles. The lowest BCUT2D eigenvalue weighted by Gasteiger charge is -2.26. The van der Waals surface area contributed by atoms with Crippen molar-refractivity contribution in [1.82, 2.24) is 15.1 Å². The molecule has 2 aromatic rings. The molecule has 0 aliphatic carbocycles. The van der Waals surface area contributed by atoms with Gasteiger partial charge in [-0.25, -0.2) is 9.18 Å². The molecule has 3 amide bonds. The van der Waals surface area contributed by atoms with Crippen molar-refractivity contribution in [1.29, 1.82) is 0 Å². The topological polar surface area (TPSA) is 61.9 Å². The molecule has 3 rings (SSSR count). The van der Waals surface area contributed by atoms with E-state index in [4.69, 9.17) is 4.74 Å². The molecular weight excluding hydrogens is 397 g/mol. The highest BCUT2D eigenvalue weighted by Crippen LogP contribution is 2.16. The second-order valence-electron chi connectivity index (χ2n) is 7.86. The van der Waals surface area contributed by atoms with Gasteiger partial charge in [-0.1, -0.05) is 42.5 Å². The maximum atomic E-state index is 13.6. The van der Waals surface area contributed by atoms with Gasteiger partial charge >= 0.3 is 6.03 Å². The summed E-state index contributed by atoms with van der Waals surface area (Å²) in [6, 6.07) is 15.8. The quantitative estimate of drug-likeness (QED) is 0.666. The van der Waals surface area contributed by atoms with E-state index in [9.17, 15) is 14.0 Å². The van der Waals surface area contributed by atoms with E-state index in [0.717, 1.165) is 24.0 Å². The highest BCUT2D eigenvalue weighted by atomic mass is 19.1. The molecule has 0 spiro atoms. The van der Waals surface area contributed by atoms with Crippen LogP contribution in [0.1, 0.15) is 30.4 Å². The van der Waals surface area contributed by atoms with Gasteiger partial charge in [-0.2, -0.15) is 0 Å². The minimum Gasteiger partial charge on any atom is -0.376 e. The van der Waals surface area contributed by atoms with Crippen LogP contribution in [0.4, 0.5) is 9.18 Å².